The highest BCUT2D eigenvalue weighted by molar-refractivity contribution is 6.42. The van der Waals surface area contributed by atoms with Crippen LogP contribution in [0.4, 0.5) is 0 Å². The summed E-state index contributed by atoms with van der Waals surface area (Å²) in [4.78, 5) is 22.6. The number of H-pyrrole nitrogens is 1. The van der Waals surface area contributed by atoms with Gasteiger partial charge >= 0.3 is 0 Å². The number of hydrogen-bond acceptors (Lipinski definition) is 4. The maximum atomic E-state index is 12.1. The Hall–Kier alpha value is -2.11. The minimum Gasteiger partial charge on any atom is -0.505 e. The normalized spacial score (nSPS) is 10.9. The Labute approximate surface area is 122 Å². The molecule has 2 heterocycles. The second kappa shape index (κ2) is 4.77. The van der Waals surface area contributed by atoms with Crippen LogP contribution in [0, 0.1) is 0 Å². The zero-order chi connectivity index (χ0) is 14.3. The van der Waals surface area contributed by atoms with E-state index in [9.17, 15) is 9.90 Å². The van der Waals surface area contributed by atoms with E-state index in [2.05, 4.69) is 15.0 Å². The third kappa shape index (κ3) is 2.01. The number of aromatic hydroxyl groups is 1. The summed E-state index contributed by atoms with van der Waals surface area (Å²) in [6.45, 7) is 0. The number of halogens is 2. The van der Waals surface area contributed by atoms with Gasteiger partial charge in [0.2, 0.25) is 0 Å². The Bertz CT molecular complexity index is 877. The number of nitrogens with zero attached hydrogens (tertiary/aromatic N) is 2. The zero-order valence-electron chi connectivity index (χ0n) is 9.89. The number of hydrogen-bond donors (Lipinski definition) is 2. The Morgan fingerprint density at radius 3 is 2.60 bits per heavy atom. The van der Waals surface area contributed by atoms with Crippen molar-refractivity contribution in [3.63, 3.8) is 0 Å². The maximum absolute atomic E-state index is 12.1. The highest BCUT2D eigenvalue weighted by atomic mass is 35.5. The van der Waals surface area contributed by atoms with Crippen molar-refractivity contribution in [1.29, 1.82) is 0 Å². The maximum Gasteiger partial charge on any atom is 0.261 e. The molecule has 100 valence electrons. The molecule has 0 aliphatic carbocycles. The second-order valence-corrected chi connectivity index (χ2v) is 4.87. The molecule has 3 aromatic rings. The Balaban J connectivity index is 2.36. The van der Waals surface area contributed by atoms with Crippen molar-refractivity contribution < 1.29 is 5.11 Å². The molecule has 7 heteroatoms. The summed E-state index contributed by atoms with van der Waals surface area (Å²) in [6, 6.07) is 4.66. The van der Waals surface area contributed by atoms with E-state index in [-0.39, 0.29) is 22.5 Å². The number of benzene rings is 1. The van der Waals surface area contributed by atoms with Gasteiger partial charge in [0.05, 0.1) is 15.6 Å². The molecule has 0 radical (unpaired) electrons. The smallest absolute Gasteiger partial charge is 0.261 e. The third-order valence-electron chi connectivity index (χ3n) is 2.83. The zero-order valence-corrected chi connectivity index (χ0v) is 11.4. The first-order valence-corrected chi connectivity index (χ1v) is 6.35. The van der Waals surface area contributed by atoms with Gasteiger partial charge in [0.25, 0.3) is 5.56 Å². The molecule has 2 aromatic heterocycles. The first kappa shape index (κ1) is 12.9. The van der Waals surface area contributed by atoms with Crippen LogP contribution in [0.15, 0.2) is 35.4 Å². The fourth-order valence-corrected chi connectivity index (χ4v) is 2.22. The molecule has 0 atom stereocenters. The summed E-state index contributed by atoms with van der Waals surface area (Å²) in [5.41, 5.74) is 0.489. The van der Waals surface area contributed by atoms with Gasteiger partial charge in [-0.25, -0.2) is 9.97 Å². The highest BCUT2D eigenvalue weighted by Crippen LogP contribution is 2.33. The lowest BCUT2D eigenvalue weighted by atomic mass is 10.1. The van der Waals surface area contributed by atoms with Crippen LogP contribution in [0.2, 0.25) is 10.0 Å². The topological polar surface area (TPSA) is 78.9 Å². The summed E-state index contributed by atoms with van der Waals surface area (Å²) in [5, 5.41) is 10.9. The molecule has 0 aliphatic rings. The van der Waals surface area contributed by atoms with Crippen LogP contribution in [0.3, 0.4) is 0 Å². The predicted molar refractivity (Wildman–Crippen MR) is 77.3 cm³/mol. The van der Waals surface area contributed by atoms with Crippen LogP contribution in [0.25, 0.3) is 22.3 Å². The van der Waals surface area contributed by atoms with Crippen LogP contribution in [-0.2, 0) is 0 Å². The molecular formula is C13H7Cl2N3O2. The van der Waals surface area contributed by atoms with Gasteiger partial charge in [0.15, 0.2) is 11.4 Å². The molecule has 1 aromatic carbocycles. The number of pyridine rings is 1. The number of aromatic amines is 1. The van der Waals surface area contributed by atoms with Gasteiger partial charge in [-0.3, -0.25) is 4.79 Å². The van der Waals surface area contributed by atoms with E-state index in [4.69, 9.17) is 23.2 Å². The minimum atomic E-state index is -0.478. The molecule has 0 spiro atoms. The Kier molecular flexibility index (Phi) is 3.08. The molecule has 0 saturated carbocycles. The lowest BCUT2D eigenvalue weighted by molar-refractivity contribution is 0.481. The van der Waals surface area contributed by atoms with E-state index in [1.165, 1.54) is 18.5 Å². The van der Waals surface area contributed by atoms with Gasteiger partial charge in [-0.2, -0.15) is 0 Å². The quantitative estimate of drug-likeness (QED) is 0.724. The standard InChI is InChI=1S/C13H7Cl2N3O2/c14-7-2-1-6(5-8(7)15)9-11(19)10-12(18-13(9)20)17-4-3-16-10/h1-5H,(H2,17,18,19,20). The lowest BCUT2D eigenvalue weighted by Gasteiger charge is -2.07. The van der Waals surface area contributed by atoms with Gasteiger partial charge in [0.1, 0.15) is 5.52 Å². The second-order valence-electron chi connectivity index (χ2n) is 4.06. The van der Waals surface area contributed by atoms with E-state index >= 15 is 0 Å². The van der Waals surface area contributed by atoms with E-state index in [1.54, 1.807) is 12.1 Å². The van der Waals surface area contributed by atoms with E-state index < -0.39 is 5.56 Å². The Morgan fingerprint density at radius 1 is 1.10 bits per heavy atom. The number of rotatable bonds is 1. The lowest BCUT2D eigenvalue weighted by Crippen LogP contribution is -2.10. The van der Waals surface area contributed by atoms with Crippen molar-refractivity contribution in [3.8, 4) is 16.9 Å². The average Bonchev–Trinajstić information content (AvgIpc) is 2.43. The first-order valence-electron chi connectivity index (χ1n) is 5.59. The number of aromatic nitrogens is 3. The van der Waals surface area contributed by atoms with Crippen LogP contribution >= 0.6 is 23.2 Å². The third-order valence-corrected chi connectivity index (χ3v) is 3.57. The van der Waals surface area contributed by atoms with Crippen molar-refractivity contribution in [2.45, 2.75) is 0 Å². The van der Waals surface area contributed by atoms with Gasteiger partial charge in [-0.15, -0.1) is 0 Å². The fraction of sp³-hybridized carbons (Fsp3) is 0. The van der Waals surface area contributed by atoms with Crippen molar-refractivity contribution in [2.24, 2.45) is 0 Å². The SMILES string of the molecule is O=c1[nH]c2nccnc2c(O)c1-c1ccc(Cl)c(Cl)c1. The van der Waals surface area contributed by atoms with Crippen LogP contribution in [-0.4, -0.2) is 20.1 Å². The molecule has 0 aliphatic heterocycles. The minimum absolute atomic E-state index is 0.0802. The number of nitrogens with one attached hydrogen (secondary N) is 1. The van der Waals surface area contributed by atoms with Gasteiger partial charge < -0.3 is 10.1 Å². The fourth-order valence-electron chi connectivity index (χ4n) is 1.92. The van der Waals surface area contributed by atoms with Crippen molar-refractivity contribution in [2.75, 3.05) is 0 Å². The molecule has 0 unspecified atom stereocenters. The van der Waals surface area contributed by atoms with Crippen molar-refractivity contribution >= 4 is 34.4 Å². The van der Waals surface area contributed by atoms with E-state index in [1.807, 2.05) is 0 Å². The van der Waals surface area contributed by atoms with Gasteiger partial charge in [-0.05, 0) is 17.7 Å². The molecule has 2 N–H and O–H groups in total. The first-order chi connectivity index (χ1) is 9.58. The van der Waals surface area contributed by atoms with Crippen molar-refractivity contribution in [1.82, 2.24) is 15.0 Å². The summed E-state index contributed by atoms with van der Waals surface area (Å²) in [7, 11) is 0. The molecule has 0 saturated heterocycles. The summed E-state index contributed by atoms with van der Waals surface area (Å²) < 4.78 is 0. The molecule has 0 amide bonds. The molecule has 0 fully saturated rings. The molecule has 5 nitrogen and oxygen atoms in total. The highest BCUT2D eigenvalue weighted by Gasteiger charge is 2.16. The predicted octanol–water partition coefficient (Wildman–Crippen LogP) is 3.00. The molecular weight excluding hydrogens is 301 g/mol. The summed E-state index contributed by atoms with van der Waals surface area (Å²) in [6.07, 6.45) is 2.86. The van der Waals surface area contributed by atoms with Crippen LogP contribution < -0.4 is 5.56 Å². The number of fused-ring (bicyclic) bond motifs is 1. The van der Waals surface area contributed by atoms with E-state index in [0.29, 0.717) is 15.6 Å². The summed E-state index contributed by atoms with van der Waals surface area (Å²) >= 11 is 11.8. The summed E-state index contributed by atoms with van der Waals surface area (Å²) in [5.74, 6) is -0.241. The molecule has 3 rings (SSSR count). The Morgan fingerprint density at radius 2 is 1.85 bits per heavy atom. The largest absolute Gasteiger partial charge is 0.505 e. The monoisotopic (exact) mass is 307 g/mol. The van der Waals surface area contributed by atoms with Crippen LogP contribution in [0.1, 0.15) is 0 Å². The van der Waals surface area contributed by atoms with Crippen molar-refractivity contribution in [3.05, 3.63) is 51.0 Å². The van der Waals surface area contributed by atoms with E-state index in [0.717, 1.165) is 0 Å². The molecule has 0 bridgehead atoms. The van der Waals surface area contributed by atoms with Crippen LogP contribution in [0.5, 0.6) is 5.75 Å². The van der Waals surface area contributed by atoms with Gasteiger partial charge in [-0.1, -0.05) is 29.3 Å². The average molecular weight is 308 g/mol. The van der Waals surface area contributed by atoms with Gasteiger partial charge in [0, 0.05) is 12.4 Å². The molecule has 20 heavy (non-hydrogen) atoms.